The van der Waals surface area contributed by atoms with Crippen LogP contribution in [-0.2, 0) is 6.54 Å². The third-order valence-electron chi connectivity index (χ3n) is 2.53. The second-order valence-corrected chi connectivity index (χ2v) is 3.78. The zero-order valence-electron chi connectivity index (χ0n) is 7.50. The molecule has 1 aromatic heterocycles. The van der Waals surface area contributed by atoms with Gasteiger partial charge in [-0.15, -0.1) is 0 Å². The second-order valence-electron chi connectivity index (χ2n) is 3.78. The first-order valence-corrected chi connectivity index (χ1v) is 4.43. The fourth-order valence-corrected chi connectivity index (χ4v) is 1.75. The molecule has 0 radical (unpaired) electrons. The first-order chi connectivity index (χ1) is 6.07. The van der Waals surface area contributed by atoms with Crippen LogP contribution in [0.2, 0.25) is 0 Å². The highest BCUT2D eigenvalue weighted by Crippen LogP contribution is 2.43. The van der Waals surface area contributed by atoms with Crippen LogP contribution in [0.1, 0.15) is 18.5 Å². The SMILES string of the molecule is Cc1ccnn1CC1CC(F)(F)C1. The van der Waals surface area contributed by atoms with Crippen molar-refractivity contribution in [3.8, 4) is 0 Å². The van der Waals surface area contributed by atoms with Crippen LogP contribution in [-0.4, -0.2) is 15.7 Å². The lowest BCUT2D eigenvalue weighted by Crippen LogP contribution is -2.37. The van der Waals surface area contributed by atoms with Crippen LogP contribution < -0.4 is 0 Å². The highest BCUT2D eigenvalue weighted by atomic mass is 19.3. The summed E-state index contributed by atoms with van der Waals surface area (Å²) in [5, 5.41) is 4.06. The van der Waals surface area contributed by atoms with E-state index in [1.807, 2.05) is 13.0 Å². The second kappa shape index (κ2) is 2.79. The summed E-state index contributed by atoms with van der Waals surface area (Å²) in [4.78, 5) is 0. The molecule has 1 fully saturated rings. The minimum absolute atomic E-state index is 0.0201. The minimum Gasteiger partial charge on any atom is -0.270 e. The molecule has 0 amide bonds. The standard InChI is InChI=1S/C9H12F2N2/c1-7-2-3-12-13(7)6-8-4-9(10,11)5-8/h2-3,8H,4-6H2,1H3. The lowest BCUT2D eigenvalue weighted by molar-refractivity contribution is -0.114. The van der Waals surface area contributed by atoms with Gasteiger partial charge in [-0.3, -0.25) is 4.68 Å². The first-order valence-electron chi connectivity index (χ1n) is 4.43. The number of alkyl halides is 2. The summed E-state index contributed by atoms with van der Waals surface area (Å²) in [6, 6.07) is 1.89. The molecule has 0 N–H and O–H groups in total. The maximum absolute atomic E-state index is 12.5. The van der Waals surface area contributed by atoms with E-state index in [4.69, 9.17) is 0 Å². The highest BCUT2D eigenvalue weighted by Gasteiger charge is 2.45. The van der Waals surface area contributed by atoms with Crippen molar-refractivity contribution in [1.29, 1.82) is 0 Å². The van der Waals surface area contributed by atoms with Gasteiger partial charge >= 0.3 is 0 Å². The molecule has 1 aromatic rings. The Kier molecular flexibility index (Phi) is 1.86. The van der Waals surface area contributed by atoms with E-state index in [1.54, 1.807) is 10.9 Å². The Morgan fingerprint density at radius 1 is 1.62 bits per heavy atom. The molecule has 1 aliphatic carbocycles. The van der Waals surface area contributed by atoms with E-state index in [1.165, 1.54) is 0 Å². The maximum atomic E-state index is 12.5. The van der Waals surface area contributed by atoms with E-state index in [-0.39, 0.29) is 18.8 Å². The molecular weight excluding hydrogens is 174 g/mol. The van der Waals surface area contributed by atoms with Crippen molar-refractivity contribution >= 4 is 0 Å². The van der Waals surface area contributed by atoms with Gasteiger partial charge in [-0.05, 0) is 18.9 Å². The Labute approximate surface area is 75.6 Å². The van der Waals surface area contributed by atoms with Gasteiger partial charge in [-0.2, -0.15) is 5.10 Å². The summed E-state index contributed by atoms with van der Waals surface area (Å²) in [6.07, 6.45) is 1.74. The molecule has 0 bridgehead atoms. The monoisotopic (exact) mass is 186 g/mol. The maximum Gasteiger partial charge on any atom is 0.248 e. The number of aromatic nitrogens is 2. The van der Waals surface area contributed by atoms with Crippen molar-refractivity contribution in [1.82, 2.24) is 9.78 Å². The quantitative estimate of drug-likeness (QED) is 0.692. The van der Waals surface area contributed by atoms with Gasteiger partial charge < -0.3 is 0 Å². The number of aryl methyl sites for hydroxylation is 1. The lowest BCUT2D eigenvalue weighted by Gasteiger charge is -2.34. The zero-order valence-corrected chi connectivity index (χ0v) is 7.50. The Hall–Kier alpha value is -0.930. The molecule has 0 aromatic carbocycles. The van der Waals surface area contributed by atoms with Crippen LogP contribution in [0, 0.1) is 12.8 Å². The molecule has 2 nitrogen and oxygen atoms in total. The van der Waals surface area contributed by atoms with Crippen molar-refractivity contribution in [2.45, 2.75) is 32.2 Å². The van der Waals surface area contributed by atoms with E-state index in [2.05, 4.69) is 5.10 Å². The Bertz CT molecular complexity index is 298. The van der Waals surface area contributed by atoms with Gasteiger partial charge in [-0.25, -0.2) is 8.78 Å². The van der Waals surface area contributed by atoms with Gasteiger partial charge in [0.05, 0.1) is 0 Å². The number of hydrogen-bond donors (Lipinski definition) is 0. The van der Waals surface area contributed by atoms with Gasteiger partial charge in [0.1, 0.15) is 0 Å². The summed E-state index contributed by atoms with van der Waals surface area (Å²) in [5.41, 5.74) is 1.04. The van der Waals surface area contributed by atoms with Crippen molar-refractivity contribution in [3.05, 3.63) is 18.0 Å². The van der Waals surface area contributed by atoms with Gasteiger partial charge in [0.15, 0.2) is 0 Å². The normalized spacial score (nSPS) is 21.5. The van der Waals surface area contributed by atoms with E-state index in [0.29, 0.717) is 6.54 Å². The van der Waals surface area contributed by atoms with Crippen molar-refractivity contribution in [3.63, 3.8) is 0 Å². The van der Waals surface area contributed by atoms with E-state index in [0.717, 1.165) is 5.69 Å². The summed E-state index contributed by atoms with van der Waals surface area (Å²) in [6.45, 7) is 2.57. The first kappa shape index (κ1) is 8.66. The zero-order chi connectivity index (χ0) is 9.47. The van der Waals surface area contributed by atoms with Gasteiger partial charge in [0.2, 0.25) is 5.92 Å². The molecule has 0 aliphatic heterocycles. The predicted molar refractivity (Wildman–Crippen MR) is 44.6 cm³/mol. The Morgan fingerprint density at radius 2 is 2.31 bits per heavy atom. The third-order valence-corrected chi connectivity index (χ3v) is 2.53. The van der Waals surface area contributed by atoms with Crippen molar-refractivity contribution in [2.24, 2.45) is 5.92 Å². The topological polar surface area (TPSA) is 17.8 Å². The molecule has 0 atom stereocenters. The largest absolute Gasteiger partial charge is 0.270 e. The number of nitrogens with zero attached hydrogens (tertiary/aromatic N) is 2. The van der Waals surface area contributed by atoms with Crippen LogP contribution in [0.5, 0.6) is 0 Å². The molecule has 0 spiro atoms. The summed E-state index contributed by atoms with van der Waals surface area (Å²) >= 11 is 0. The average molecular weight is 186 g/mol. The molecule has 1 saturated carbocycles. The van der Waals surface area contributed by atoms with Crippen LogP contribution in [0.25, 0.3) is 0 Å². The fourth-order valence-electron chi connectivity index (χ4n) is 1.75. The van der Waals surface area contributed by atoms with Crippen LogP contribution in [0.3, 0.4) is 0 Å². The van der Waals surface area contributed by atoms with Crippen molar-refractivity contribution < 1.29 is 8.78 Å². The minimum atomic E-state index is -2.41. The van der Waals surface area contributed by atoms with E-state index in [9.17, 15) is 8.78 Å². The third kappa shape index (κ3) is 1.71. The Balaban J connectivity index is 1.91. The summed E-state index contributed by atoms with van der Waals surface area (Å²) in [7, 11) is 0. The van der Waals surface area contributed by atoms with Gasteiger partial charge in [0, 0.05) is 31.3 Å². The van der Waals surface area contributed by atoms with Gasteiger partial charge in [0.25, 0.3) is 0 Å². The number of hydrogen-bond acceptors (Lipinski definition) is 1. The fraction of sp³-hybridized carbons (Fsp3) is 0.667. The lowest BCUT2D eigenvalue weighted by atomic mass is 9.81. The molecule has 13 heavy (non-hydrogen) atoms. The molecule has 2 rings (SSSR count). The molecule has 4 heteroatoms. The number of rotatable bonds is 2. The molecule has 1 heterocycles. The summed E-state index contributed by atoms with van der Waals surface area (Å²) < 4.78 is 26.8. The van der Waals surface area contributed by atoms with Crippen LogP contribution in [0.15, 0.2) is 12.3 Å². The smallest absolute Gasteiger partial charge is 0.248 e. The average Bonchev–Trinajstić information content (AvgIpc) is 2.33. The summed E-state index contributed by atoms with van der Waals surface area (Å²) in [5.74, 6) is -2.31. The predicted octanol–water partition coefficient (Wildman–Crippen LogP) is 2.24. The molecule has 0 unspecified atom stereocenters. The Morgan fingerprint density at radius 3 is 2.77 bits per heavy atom. The molecule has 1 aliphatic rings. The van der Waals surface area contributed by atoms with E-state index < -0.39 is 5.92 Å². The van der Waals surface area contributed by atoms with E-state index >= 15 is 0 Å². The van der Waals surface area contributed by atoms with Gasteiger partial charge in [-0.1, -0.05) is 0 Å². The van der Waals surface area contributed by atoms with Crippen molar-refractivity contribution in [2.75, 3.05) is 0 Å². The van der Waals surface area contributed by atoms with Crippen LogP contribution in [0.4, 0.5) is 8.78 Å². The number of halogens is 2. The molecule has 72 valence electrons. The highest BCUT2D eigenvalue weighted by molar-refractivity contribution is 4.97. The van der Waals surface area contributed by atoms with Crippen LogP contribution >= 0.6 is 0 Å². The molecule has 0 saturated heterocycles. The molecular formula is C9H12F2N2.